The number of nitro benzene ring substituents is 1. The molecule has 1 aliphatic heterocycles. The van der Waals surface area contributed by atoms with Gasteiger partial charge in [0.1, 0.15) is 5.56 Å². The molecule has 4 aromatic rings. The minimum Gasteiger partial charge on any atom is -0.493 e. The zero-order valence-corrected chi connectivity index (χ0v) is 22.9. The number of benzene rings is 3. The van der Waals surface area contributed by atoms with Crippen molar-refractivity contribution >= 4 is 17.2 Å². The van der Waals surface area contributed by atoms with Gasteiger partial charge >= 0.3 is 0 Å². The van der Waals surface area contributed by atoms with Gasteiger partial charge in [0.15, 0.2) is 17.3 Å². The molecule has 12 nitrogen and oxygen atoms in total. The van der Waals surface area contributed by atoms with Crippen molar-refractivity contribution in [3.05, 3.63) is 106 Å². The van der Waals surface area contributed by atoms with Gasteiger partial charge in [-0.15, -0.1) is 5.10 Å². The van der Waals surface area contributed by atoms with Crippen LogP contribution in [-0.2, 0) is 19.4 Å². The molecule has 0 radical (unpaired) electrons. The molecule has 4 N–H and O–H groups in total. The Hall–Kier alpha value is -4.94. The lowest BCUT2D eigenvalue weighted by Crippen LogP contribution is -2.32. The lowest BCUT2D eigenvalue weighted by Gasteiger charge is -2.29. The van der Waals surface area contributed by atoms with Crippen LogP contribution in [0.15, 0.2) is 78.4 Å². The van der Waals surface area contributed by atoms with Crippen molar-refractivity contribution in [1.82, 2.24) is 14.5 Å². The lowest BCUT2D eigenvalue weighted by molar-refractivity contribution is -0.385. The van der Waals surface area contributed by atoms with Crippen LogP contribution in [0.5, 0.6) is 11.5 Å². The summed E-state index contributed by atoms with van der Waals surface area (Å²) >= 11 is 0. The Morgan fingerprint density at radius 2 is 1.85 bits per heavy atom. The fraction of sp³-hybridized carbons (Fsp3) is 0.241. The van der Waals surface area contributed by atoms with Crippen LogP contribution in [0.2, 0.25) is 0 Å². The summed E-state index contributed by atoms with van der Waals surface area (Å²) < 4.78 is 12.4. The standard InChI is InChI=1S/C29H32N8O4/c1-40-27-16-25(26(37(38)39)17-28(27)41-2)29(30)33-36(31)23-6-3-20(4-7-23)9-12-34-13-10-21-15-24(8-5-22(21)18-34)35-14-11-32-19-35/h3-8,11,14-17,19H,9-10,12-13,18,31H2,1-2H3,(H2,30,33). The number of nitrogens with zero attached hydrogens (tertiary/aromatic N) is 6. The Morgan fingerprint density at radius 3 is 2.54 bits per heavy atom. The van der Waals surface area contributed by atoms with E-state index in [2.05, 4.69) is 33.2 Å². The van der Waals surface area contributed by atoms with Gasteiger partial charge in [0.2, 0.25) is 0 Å². The van der Waals surface area contributed by atoms with Gasteiger partial charge in [0.05, 0.1) is 37.2 Å². The molecule has 1 aliphatic rings. The highest BCUT2D eigenvalue weighted by atomic mass is 16.6. The van der Waals surface area contributed by atoms with Gasteiger partial charge in [-0.25, -0.2) is 10.8 Å². The third-order valence-corrected chi connectivity index (χ3v) is 7.19. The Balaban J connectivity index is 1.21. The average Bonchev–Trinajstić information content (AvgIpc) is 3.54. The average molecular weight is 557 g/mol. The maximum atomic E-state index is 11.6. The summed E-state index contributed by atoms with van der Waals surface area (Å²) in [5.74, 6) is 6.51. The van der Waals surface area contributed by atoms with Crippen LogP contribution in [-0.4, -0.2) is 52.5 Å². The van der Waals surface area contributed by atoms with E-state index in [1.807, 2.05) is 41.4 Å². The van der Waals surface area contributed by atoms with E-state index in [1.165, 1.54) is 37.5 Å². The van der Waals surface area contributed by atoms with Crippen molar-refractivity contribution in [1.29, 1.82) is 0 Å². The quantitative estimate of drug-likeness (QED) is 0.0985. The van der Waals surface area contributed by atoms with E-state index < -0.39 is 4.92 Å². The highest BCUT2D eigenvalue weighted by Crippen LogP contribution is 2.34. The molecule has 0 amide bonds. The minimum absolute atomic E-state index is 0.0702. The summed E-state index contributed by atoms with van der Waals surface area (Å²) in [5.41, 5.74) is 11.6. The Morgan fingerprint density at radius 1 is 1.10 bits per heavy atom. The highest BCUT2D eigenvalue weighted by Gasteiger charge is 2.23. The van der Waals surface area contributed by atoms with Gasteiger partial charge in [-0.05, 0) is 53.8 Å². The zero-order chi connectivity index (χ0) is 28.9. The van der Waals surface area contributed by atoms with E-state index >= 15 is 0 Å². The number of aromatic nitrogens is 2. The third kappa shape index (κ3) is 6.13. The third-order valence-electron chi connectivity index (χ3n) is 7.19. The molecule has 0 saturated carbocycles. The minimum atomic E-state index is -0.561. The van der Waals surface area contributed by atoms with Crippen LogP contribution >= 0.6 is 0 Å². The molecule has 0 unspecified atom stereocenters. The number of methoxy groups -OCH3 is 2. The first-order valence-corrected chi connectivity index (χ1v) is 13.1. The molecule has 5 rings (SSSR count). The first-order chi connectivity index (χ1) is 19.9. The summed E-state index contributed by atoms with van der Waals surface area (Å²) in [6.45, 7) is 2.86. The van der Waals surface area contributed by atoms with Crippen LogP contribution in [0.1, 0.15) is 22.3 Å². The van der Waals surface area contributed by atoms with Gasteiger partial charge in [-0.1, -0.05) is 18.2 Å². The molecule has 3 aromatic carbocycles. The van der Waals surface area contributed by atoms with E-state index in [4.69, 9.17) is 21.1 Å². The molecule has 0 spiro atoms. The number of amidine groups is 1. The number of anilines is 1. The second-order valence-electron chi connectivity index (χ2n) is 9.68. The summed E-state index contributed by atoms with van der Waals surface area (Å²) in [5, 5.41) is 16.9. The molecule has 2 heterocycles. The maximum absolute atomic E-state index is 11.6. The summed E-state index contributed by atoms with van der Waals surface area (Å²) in [7, 11) is 2.83. The van der Waals surface area contributed by atoms with E-state index in [0.29, 0.717) is 5.69 Å². The van der Waals surface area contributed by atoms with Crippen molar-refractivity contribution in [2.45, 2.75) is 19.4 Å². The van der Waals surface area contributed by atoms with E-state index in [1.54, 1.807) is 6.20 Å². The molecule has 0 saturated heterocycles. The molecule has 0 atom stereocenters. The maximum Gasteiger partial charge on any atom is 0.284 e. The Labute approximate surface area is 237 Å². The number of fused-ring (bicyclic) bond motifs is 1. The van der Waals surface area contributed by atoms with Gasteiger partial charge in [-0.3, -0.25) is 15.0 Å². The van der Waals surface area contributed by atoms with Crippen molar-refractivity contribution in [3.8, 4) is 17.2 Å². The van der Waals surface area contributed by atoms with Crippen LogP contribution in [0.25, 0.3) is 5.69 Å². The number of rotatable bonds is 10. The molecule has 12 heteroatoms. The number of hydrogen-bond donors (Lipinski definition) is 2. The summed E-state index contributed by atoms with van der Waals surface area (Å²) in [6.07, 6.45) is 7.46. The molecule has 0 fully saturated rings. The molecule has 212 valence electrons. The van der Waals surface area contributed by atoms with E-state index in [-0.39, 0.29) is 28.6 Å². The second-order valence-corrected chi connectivity index (χ2v) is 9.68. The Kier molecular flexibility index (Phi) is 8.13. The van der Waals surface area contributed by atoms with Crippen molar-refractivity contribution in [3.63, 3.8) is 0 Å². The molecule has 41 heavy (non-hydrogen) atoms. The largest absolute Gasteiger partial charge is 0.493 e. The van der Waals surface area contributed by atoms with E-state index in [9.17, 15) is 10.1 Å². The number of hydrazine groups is 1. The van der Waals surface area contributed by atoms with E-state index in [0.717, 1.165) is 48.8 Å². The van der Waals surface area contributed by atoms with Crippen LogP contribution < -0.4 is 26.2 Å². The molecule has 1 aromatic heterocycles. The van der Waals surface area contributed by atoms with Crippen LogP contribution in [0, 0.1) is 10.1 Å². The van der Waals surface area contributed by atoms with Crippen LogP contribution in [0.4, 0.5) is 11.4 Å². The predicted molar refractivity (Wildman–Crippen MR) is 156 cm³/mol. The van der Waals surface area contributed by atoms with Crippen molar-refractivity contribution in [2.75, 3.05) is 32.4 Å². The molecular formula is C29H32N8O4. The number of nitro groups is 1. The van der Waals surface area contributed by atoms with Gasteiger partial charge in [0.25, 0.3) is 5.69 Å². The zero-order valence-electron chi connectivity index (χ0n) is 22.9. The SMILES string of the molecule is COc1cc(/C(N)=N/N(N)c2ccc(CCN3CCc4cc(-n5ccnc5)ccc4C3)cc2)c([N+](=O)[O-])cc1OC. The number of nitrogens with two attached hydrogens (primary N) is 2. The molecule has 0 aliphatic carbocycles. The number of hydrazone groups is 1. The smallest absolute Gasteiger partial charge is 0.284 e. The summed E-state index contributed by atoms with van der Waals surface area (Å²) in [4.78, 5) is 17.7. The first-order valence-electron chi connectivity index (χ1n) is 13.1. The Bertz CT molecular complexity index is 1550. The predicted octanol–water partition coefficient (Wildman–Crippen LogP) is 3.40. The number of imidazole rings is 1. The molecular weight excluding hydrogens is 524 g/mol. The summed E-state index contributed by atoms with van der Waals surface area (Å²) in [6, 6.07) is 16.9. The number of ether oxygens (including phenoxy) is 2. The van der Waals surface area contributed by atoms with Gasteiger partial charge < -0.3 is 19.8 Å². The topological polar surface area (TPSA) is 150 Å². The lowest BCUT2D eigenvalue weighted by atomic mass is 9.98. The second kappa shape index (κ2) is 12.1. The normalized spacial score (nSPS) is 13.5. The van der Waals surface area contributed by atoms with Crippen molar-refractivity contribution < 1.29 is 14.4 Å². The molecule has 0 bridgehead atoms. The monoisotopic (exact) mass is 556 g/mol. The fourth-order valence-electron chi connectivity index (χ4n) is 4.92. The first kappa shape index (κ1) is 27.6. The fourth-order valence-corrected chi connectivity index (χ4v) is 4.92. The van der Waals surface area contributed by atoms with Crippen molar-refractivity contribution in [2.24, 2.45) is 16.7 Å². The number of hydrogen-bond acceptors (Lipinski definition) is 9. The van der Waals surface area contributed by atoms with Gasteiger partial charge in [0, 0.05) is 43.8 Å². The van der Waals surface area contributed by atoms with Gasteiger partial charge in [-0.2, -0.15) is 5.12 Å². The van der Waals surface area contributed by atoms with Crippen LogP contribution in [0.3, 0.4) is 0 Å². The highest BCUT2D eigenvalue weighted by molar-refractivity contribution is 6.02.